The number of hydrogen-bond donors (Lipinski definition) is 3. The summed E-state index contributed by atoms with van der Waals surface area (Å²) in [5.74, 6) is 1.01. The van der Waals surface area contributed by atoms with E-state index < -0.39 is 0 Å². The molecule has 0 bridgehead atoms. The predicted molar refractivity (Wildman–Crippen MR) is 137 cm³/mol. The van der Waals surface area contributed by atoms with Crippen molar-refractivity contribution in [3.8, 4) is 11.3 Å². The molecule has 0 saturated carbocycles. The van der Waals surface area contributed by atoms with Gasteiger partial charge in [0.25, 0.3) is 0 Å². The number of aryl methyl sites for hydroxylation is 2. The molecule has 8 heteroatoms. The van der Waals surface area contributed by atoms with E-state index >= 15 is 0 Å². The lowest BCUT2D eigenvalue weighted by molar-refractivity contribution is -0.121. The SMILES string of the molecule is Cc1cccc(NC(=O)Nc2cccc(CNC(=O)CCc3ncc(-c4ccc(Cl)cc4)o3)c2)c1. The Balaban J connectivity index is 1.24. The third-order valence-electron chi connectivity index (χ3n) is 5.20. The second kappa shape index (κ2) is 11.4. The fraction of sp³-hybridized carbons (Fsp3) is 0.148. The molecule has 0 radical (unpaired) electrons. The molecule has 0 fully saturated rings. The van der Waals surface area contributed by atoms with Gasteiger partial charge in [0.05, 0.1) is 6.20 Å². The number of carbonyl (C=O) groups excluding carboxylic acids is 2. The molecule has 0 unspecified atom stereocenters. The second-order valence-electron chi connectivity index (χ2n) is 8.05. The van der Waals surface area contributed by atoms with Crippen LogP contribution < -0.4 is 16.0 Å². The molecule has 0 aliphatic heterocycles. The molecular formula is C27H25ClN4O3. The summed E-state index contributed by atoms with van der Waals surface area (Å²) in [5, 5.41) is 9.16. The van der Waals surface area contributed by atoms with Gasteiger partial charge < -0.3 is 20.4 Å². The zero-order valence-corrected chi connectivity index (χ0v) is 19.9. The first-order valence-electron chi connectivity index (χ1n) is 11.2. The number of hydrogen-bond acceptors (Lipinski definition) is 4. The van der Waals surface area contributed by atoms with Crippen molar-refractivity contribution in [1.29, 1.82) is 0 Å². The Bertz CT molecular complexity index is 1320. The highest BCUT2D eigenvalue weighted by Crippen LogP contribution is 2.22. The number of amides is 3. The van der Waals surface area contributed by atoms with Crippen molar-refractivity contribution in [3.63, 3.8) is 0 Å². The lowest BCUT2D eigenvalue weighted by Crippen LogP contribution is -2.23. The van der Waals surface area contributed by atoms with Gasteiger partial charge in [0.15, 0.2) is 11.7 Å². The number of urea groups is 1. The Morgan fingerprint density at radius 2 is 1.66 bits per heavy atom. The standard InChI is InChI=1S/C27H25ClN4O3/c1-18-4-2-6-22(14-18)31-27(34)32-23-7-3-5-19(15-23)16-29-25(33)12-13-26-30-17-24(35-26)20-8-10-21(28)11-9-20/h2-11,14-15,17H,12-13,16H2,1H3,(H,29,33)(H2,31,32,34). The first-order chi connectivity index (χ1) is 16.9. The maximum Gasteiger partial charge on any atom is 0.323 e. The summed E-state index contributed by atoms with van der Waals surface area (Å²) in [6.45, 7) is 2.31. The summed E-state index contributed by atoms with van der Waals surface area (Å²) in [6.07, 6.45) is 2.28. The van der Waals surface area contributed by atoms with E-state index in [1.807, 2.05) is 61.5 Å². The van der Waals surface area contributed by atoms with Gasteiger partial charge in [-0.15, -0.1) is 0 Å². The van der Waals surface area contributed by atoms with Crippen molar-refractivity contribution in [2.45, 2.75) is 26.3 Å². The van der Waals surface area contributed by atoms with Gasteiger partial charge in [-0.05, 0) is 66.6 Å². The molecule has 0 spiro atoms. The maximum atomic E-state index is 12.3. The lowest BCUT2D eigenvalue weighted by Gasteiger charge is -2.10. The topological polar surface area (TPSA) is 96.3 Å². The van der Waals surface area contributed by atoms with Gasteiger partial charge in [-0.2, -0.15) is 0 Å². The summed E-state index contributed by atoms with van der Waals surface area (Å²) in [4.78, 5) is 28.9. The number of nitrogens with zero attached hydrogens (tertiary/aromatic N) is 1. The van der Waals surface area contributed by atoms with Gasteiger partial charge in [-0.3, -0.25) is 4.79 Å². The van der Waals surface area contributed by atoms with E-state index in [-0.39, 0.29) is 18.4 Å². The van der Waals surface area contributed by atoms with E-state index in [0.717, 1.165) is 22.4 Å². The maximum absolute atomic E-state index is 12.3. The van der Waals surface area contributed by atoms with Crippen molar-refractivity contribution >= 4 is 34.9 Å². The van der Waals surface area contributed by atoms with Gasteiger partial charge in [0.1, 0.15) is 0 Å². The normalized spacial score (nSPS) is 10.6. The molecule has 0 saturated heterocycles. The lowest BCUT2D eigenvalue weighted by atomic mass is 10.2. The fourth-order valence-electron chi connectivity index (χ4n) is 3.46. The van der Waals surface area contributed by atoms with Gasteiger partial charge >= 0.3 is 6.03 Å². The van der Waals surface area contributed by atoms with Crippen molar-refractivity contribution in [2.24, 2.45) is 0 Å². The number of halogens is 1. The zero-order valence-electron chi connectivity index (χ0n) is 19.2. The van der Waals surface area contributed by atoms with Crippen LogP contribution >= 0.6 is 11.6 Å². The highest BCUT2D eigenvalue weighted by Gasteiger charge is 2.10. The minimum atomic E-state index is -0.333. The number of benzene rings is 3. The van der Waals surface area contributed by atoms with Crippen molar-refractivity contribution in [3.05, 3.63) is 101 Å². The van der Waals surface area contributed by atoms with Crippen LogP contribution in [0.5, 0.6) is 0 Å². The van der Waals surface area contributed by atoms with Crippen molar-refractivity contribution < 1.29 is 14.0 Å². The molecule has 1 heterocycles. The molecule has 178 valence electrons. The Morgan fingerprint density at radius 3 is 2.40 bits per heavy atom. The quantitative estimate of drug-likeness (QED) is 0.275. The van der Waals surface area contributed by atoms with E-state index in [0.29, 0.717) is 35.3 Å². The first kappa shape index (κ1) is 24.0. The van der Waals surface area contributed by atoms with Crippen molar-refractivity contribution in [1.82, 2.24) is 10.3 Å². The molecule has 4 rings (SSSR count). The second-order valence-corrected chi connectivity index (χ2v) is 8.49. The number of oxazole rings is 1. The Kier molecular flexibility index (Phi) is 7.80. The average molecular weight is 489 g/mol. The smallest absolute Gasteiger partial charge is 0.323 e. The first-order valence-corrected chi connectivity index (χ1v) is 11.5. The summed E-state index contributed by atoms with van der Waals surface area (Å²) in [6, 6.07) is 21.8. The Morgan fingerprint density at radius 1 is 0.943 bits per heavy atom. The molecule has 1 aromatic heterocycles. The average Bonchev–Trinajstić information content (AvgIpc) is 3.31. The molecule has 4 aromatic rings. The molecule has 0 atom stereocenters. The largest absolute Gasteiger partial charge is 0.441 e. The van der Waals surface area contributed by atoms with E-state index in [1.165, 1.54) is 0 Å². The van der Waals surface area contributed by atoms with E-state index in [1.54, 1.807) is 24.4 Å². The monoisotopic (exact) mass is 488 g/mol. The fourth-order valence-corrected chi connectivity index (χ4v) is 3.58. The highest BCUT2D eigenvalue weighted by atomic mass is 35.5. The van der Waals surface area contributed by atoms with E-state index in [9.17, 15) is 9.59 Å². The number of carbonyl (C=O) groups is 2. The number of nitrogens with one attached hydrogen (secondary N) is 3. The van der Waals surface area contributed by atoms with Gasteiger partial charge in [0.2, 0.25) is 5.91 Å². The molecule has 3 N–H and O–H groups in total. The summed E-state index contributed by atoms with van der Waals surface area (Å²) >= 11 is 5.92. The Labute approximate surface area is 208 Å². The zero-order chi connectivity index (χ0) is 24.6. The molecular weight excluding hydrogens is 464 g/mol. The summed E-state index contributed by atoms with van der Waals surface area (Å²) < 4.78 is 5.74. The minimum Gasteiger partial charge on any atom is -0.441 e. The van der Waals surface area contributed by atoms with Gasteiger partial charge in [-0.25, -0.2) is 9.78 Å². The molecule has 0 aliphatic carbocycles. The highest BCUT2D eigenvalue weighted by molar-refractivity contribution is 6.30. The van der Waals surface area contributed by atoms with E-state index in [4.69, 9.17) is 16.0 Å². The van der Waals surface area contributed by atoms with Crippen LogP contribution in [0.4, 0.5) is 16.2 Å². The van der Waals surface area contributed by atoms with E-state index in [2.05, 4.69) is 20.9 Å². The molecule has 3 aromatic carbocycles. The Hall–Kier alpha value is -4.10. The van der Waals surface area contributed by atoms with Crippen LogP contribution in [0, 0.1) is 6.92 Å². The van der Waals surface area contributed by atoms with Crippen LogP contribution in [0.15, 0.2) is 83.4 Å². The molecule has 7 nitrogen and oxygen atoms in total. The van der Waals surface area contributed by atoms with Crippen LogP contribution in [-0.4, -0.2) is 16.9 Å². The molecule has 3 amide bonds. The van der Waals surface area contributed by atoms with Crippen LogP contribution in [0.25, 0.3) is 11.3 Å². The van der Waals surface area contributed by atoms with Crippen LogP contribution in [0.1, 0.15) is 23.4 Å². The molecule has 35 heavy (non-hydrogen) atoms. The van der Waals surface area contributed by atoms with Crippen LogP contribution in [0.2, 0.25) is 5.02 Å². The van der Waals surface area contributed by atoms with Crippen molar-refractivity contribution in [2.75, 3.05) is 10.6 Å². The molecule has 0 aliphatic rings. The van der Waals surface area contributed by atoms with Crippen LogP contribution in [-0.2, 0) is 17.8 Å². The van der Waals surface area contributed by atoms with Gasteiger partial charge in [0, 0.05) is 41.3 Å². The number of aromatic nitrogens is 1. The summed E-state index contributed by atoms with van der Waals surface area (Å²) in [5.41, 5.74) is 4.16. The third kappa shape index (κ3) is 7.19. The predicted octanol–water partition coefficient (Wildman–Crippen LogP) is 6.20. The minimum absolute atomic E-state index is 0.119. The van der Waals surface area contributed by atoms with Crippen LogP contribution in [0.3, 0.4) is 0 Å². The third-order valence-corrected chi connectivity index (χ3v) is 5.45. The summed E-state index contributed by atoms with van der Waals surface area (Å²) in [7, 11) is 0. The number of anilines is 2. The number of rotatable bonds is 8. The van der Waals surface area contributed by atoms with Gasteiger partial charge in [-0.1, -0.05) is 35.9 Å².